The highest BCUT2D eigenvalue weighted by atomic mass is 79.9. The van der Waals surface area contributed by atoms with Gasteiger partial charge in [-0.3, -0.25) is 4.79 Å². The second-order valence-corrected chi connectivity index (χ2v) is 7.00. The summed E-state index contributed by atoms with van der Waals surface area (Å²) in [5.74, 6) is 0.557. The first kappa shape index (κ1) is 16.4. The maximum Gasteiger partial charge on any atom is 0.254 e. The van der Waals surface area contributed by atoms with Crippen LogP contribution in [-0.4, -0.2) is 37.0 Å². The van der Waals surface area contributed by atoms with Crippen molar-refractivity contribution in [1.82, 2.24) is 10.2 Å². The summed E-state index contributed by atoms with van der Waals surface area (Å²) in [6.45, 7) is 8.04. The quantitative estimate of drug-likeness (QED) is 0.897. The topological polar surface area (TPSA) is 32.3 Å². The minimum absolute atomic E-state index is 0.0959. The number of piperidine rings is 1. The van der Waals surface area contributed by atoms with Crippen molar-refractivity contribution in [3.8, 4) is 0 Å². The summed E-state index contributed by atoms with van der Waals surface area (Å²) in [7, 11) is 0. The van der Waals surface area contributed by atoms with Gasteiger partial charge >= 0.3 is 0 Å². The van der Waals surface area contributed by atoms with E-state index >= 15 is 0 Å². The number of rotatable bonds is 4. The number of halogens is 2. The Morgan fingerprint density at radius 2 is 2.05 bits per heavy atom. The van der Waals surface area contributed by atoms with Crippen molar-refractivity contribution < 1.29 is 9.18 Å². The third-order valence-corrected chi connectivity index (χ3v) is 4.33. The van der Waals surface area contributed by atoms with E-state index in [4.69, 9.17) is 0 Å². The van der Waals surface area contributed by atoms with Crippen LogP contribution in [0.3, 0.4) is 0 Å². The van der Waals surface area contributed by atoms with Gasteiger partial charge in [0.15, 0.2) is 0 Å². The molecule has 2 rings (SSSR count). The molecule has 3 nitrogen and oxygen atoms in total. The van der Waals surface area contributed by atoms with Crippen LogP contribution in [0.1, 0.15) is 30.6 Å². The Labute approximate surface area is 134 Å². The van der Waals surface area contributed by atoms with Crippen molar-refractivity contribution in [2.45, 2.75) is 20.3 Å². The summed E-state index contributed by atoms with van der Waals surface area (Å²) in [6.07, 6.45) is 1.27. The van der Waals surface area contributed by atoms with E-state index in [-0.39, 0.29) is 11.5 Å². The van der Waals surface area contributed by atoms with E-state index in [1.807, 2.05) is 0 Å². The molecule has 0 aliphatic carbocycles. The van der Waals surface area contributed by atoms with Gasteiger partial charge < -0.3 is 10.2 Å². The van der Waals surface area contributed by atoms with E-state index in [0.29, 0.717) is 22.9 Å². The van der Waals surface area contributed by atoms with Gasteiger partial charge in [0.25, 0.3) is 5.91 Å². The molecule has 2 atom stereocenters. The number of likely N-dealkylation sites (tertiary alicyclic amines) is 1. The summed E-state index contributed by atoms with van der Waals surface area (Å²) >= 11 is 3.18. The molecule has 1 saturated heterocycles. The first-order valence-electron chi connectivity index (χ1n) is 7.41. The molecule has 0 bridgehead atoms. The molecular formula is C16H22BrFN2O. The molecule has 116 valence electrons. The van der Waals surface area contributed by atoms with E-state index in [0.717, 1.165) is 19.6 Å². The highest BCUT2D eigenvalue weighted by molar-refractivity contribution is 9.10. The molecule has 0 unspecified atom stereocenters. The second kappa shape index (κ2) is 7.36. The SMILES string of the molecule is C[C@@H]1C[C@H](C)CN(CCNC(=O)c2ccc(Br)cc2F)C1. The van der Waals surface area contributed by atoms with Crippen LogP contribution in [0, 0.1) is 17.7 Å². The molecule has 5 heteroatoms. The molecule has 1 N–H and O–H groups in total. The largest absolute Gasteiger partial charge is 0.351 e. The average molecular weight is 357 g/mol. The van der Waals surface area contributed by atoms with E-state index in [9.17, 15) is 9.18 Å². The van der Waals surface area contributed by atoms with Gasteiger partial charge in [0.2, 0.25) is 0 Å². The lowest BCUT2D eigenvalue weighted by Gasteiger charge is -2.34. The van der Waals surface area contributed by atoms with E-state index < -0.39 is 5.82 Å². The van der Waals surface area contributed by atoms with Crippen LogP contribution in [0.25, 0.3) is 0 Å². The minimum atomic E-state index is -0.498. The Hall–Kier alpha value is -0.940. The molecule has 1 fully saturated rings. The molecular weight excluding hydrogens is 335 g/mol. The van der Waals surface area contributed by atoms with Crippen LogP contribution in [-0.2, 0) is 0 Å². The molecule has 0 spiro atoms. The van der Waals surface area contributed by atoms with Crippen molar-refractivity contribution in [1.29, 1.82) is 0 Å². The maximum absolute atomic E-state index is 13.7. The smallest absolute Gasteiger partial charge is 0.254 e. The number of carbonyl (C=O) groups is 1. The lowest BCUT2D eigenvalue weighted by Crippen LogP contribution is -2.42. The molecule has 1 aliphatic rings. The molecule has 1 aromatic rings. The number of amides is 1. The van der Waals surface area contributed by atoms with E-state index in [1.165, 1.54) is 18.6 Å². The lowest BCUT2D eigenvalue weighted by molar-refractivity contribution is 0.0932. The highest BCUT2D eigenvalue weighted by Crippen LogP contribution is 2.20. The van der Waals surface area contributed by atoms with Crippen LogP contribution >= 0.6 is 15.9 Å². The van der Waals surface area contributed by atoms with Crippen LogP contribution in [0.15, 0.2) is 22.7 Å². The number of carbonyl (C=O) groups excluding carboxylic acids is 1. The first-order chi connectivity index (χ1) is 9.95. The molecule has 0 aromatic heterocycles. The minimum Gasteiger partial charge on any atom is -0.351 e. The Bertz CT molecular complexity index is 499. The third kappa shape index (κ3) is 4.78. The van der Waals surface area contributed by atoms with Gasteiger partial charge in [-0.25, -0.2) is 4.39 Å². The third-order valence-electron chi connectivity index (χ3n) is 3.83. The number of hydrogen-bond acceptors (Lipinski definition) is 2. The number of nitrogens with one attached hydrogen (secondary N) is 1. The predicted molar refractivity (Wildman–Crippen MR) is 85.8 cm³/mol. The van der Waals surface area contributed by atoms with Gasteiger partial charge in [-0.2, -0.15) is 0 Å². The van der Waals surface area contributed by atoms with Crippen molar-refractivity contribution in [2.75, 3.05) is 26.2 Å². The standard InChI is InChI=1S/C16H22BrFN2O/c1-11-7-12(2)10-20(9-11)6-5-19-16(21)14-4-3-13(17)8-15(14)18/h3-4,8,11-12H,5-7,9-10H2,1-2H3,(H,19,21)/t11-,12+. The van der Waals surface area contributed by atoms with Crippen molar-refractivity contribution >= 4 is 21.8 Å². The second-order valence-electron chi connectivity index (χ2n) is 6.09. The summed E-state index contributed by atoms with van der Waals surface area (Å²) in [5, 5.41) is 2.80. The fourth-order valence-corrected chi connectivity index (χ4v) is 3.40. The monoisotopic (exact) mass is 356 g/mol. The number of benzene rings is 1. The van der Waals surface area contributed by atoms with Crippen molar-refractivity contribution in [3.05, 3.63) is 34.1 Å². The molecule has 1 aliphatic heterocycles. The molecule has 0 saturated carbocycles. The summed E-state index contributed by atoms with van der Waals surface area (Å²) in [5.41, 5.74) is 0.0959. The fraction of sp³-hybridized carbons (Fsp3) is 0.562. The zero-order valence-corrected chi connectivity index (χ0v) is 14.1. The zero-order valence-electron chi connectivity index (χ0n) is 12.5. The van der Waals surface area contributed by atoms with Crippen LogP contribution in [0.5, 0.6) is 0 Å². The molecule has 1 heterocycles. The van der Waals surface area contributed by atoms with Crippen molar-refractivity contribution in [3.63, 3.8) is 0 Å². The zero-order chi connectivity index (χ0) is 15.4. The van der Waals surface area contributed by atoms with Crippen LogP contribution in [0.4, 0.5) is 4.39 Å². The van der Waals surface area contributed by atoms with Gasteiger partial charge in [0.05, 0.1) is 5.56 Å². The van der Waals surface area contributed by atoms with Crippen LogP contribution < -0.4 is 5.32 Å². The predicted octanol–water partition coefficient (Wildman–Crippen LogP) is 3.30. The van der Waals surface area contributed by atoms with Gasteiger partial charge in [-0.15, -0.1) is 0 Å². The first-order valence-corrected chi connectivity index (χ1v) is 8.20. The van der Waals surface area contributed by atoms with E-state index in [2.05, 4.69) is 40.0 Å². The Morgan fingerprint density at radius 1 is 1.38 bits per heavy atom. The van der Waals surface area contributed by atoms with Gasteiger partial charge in [-0.05, 0) is 36.5 Å². The Kier molecular flexibility index (Phi) is 5.76. The fourth-order valence-electron chi connectivity index (χ4n) is 3.07. The number of nitrogens with zero attached hydrogens (tertiary/aromatic N) is 1. The van der Waals surface area contributed by atoms with Gasteiger partial charge in [-0.1, -0.05) is 29.8 Å². The van der Waals surface area contributed by atoms with Gasteiger partial charge in [0, 0.05) is 30.7 Å². The maximum atomic E-state index is 13.7. The lowest BCUT2D eigenvalue weighted by atomic mass is 9.92. The summed E-state index contributed by atoms with van der Waals surface area (Å²) in [4.78, 5) is 14.3. The molecule has 21 heavy (non-hydrogen) atoms. The van der Waals surface area contributed by atoms with Gasteiger partial charge in [0.1, 0.15) is 5.82 Å². The molecule has 0 radical (unpaired) electrons. The summed E-state index contributed by atoms with van der Waals surface area (Å²) in [6, 6.07) is 4.48. The van der Waals surface area contributed by atoms with Crippen molar-refractivity contribution in [2.24, 2.45) is 11.8 Å². The normalized spacial score (nSPS) is 23.0. The molecule has 1 aromatic carbocycles. The number of hydrogen-bond donors (Lipinski definition) is 1. The Morgan fingerprint density at radius 3 is 2.67 bits per heavy atom. The average Bonchev–Trinajstić information content (AvgIpc) is 2.37. The highest BCUT2D eigenvalue weighted by Gasteiger charge is 2.21. The molecule has 1 amide bonds. The van der Waals surface area contributed by atoms with Crippen LogP contribution in [0.2, 0.25) is 0 Å². The van der Waals surface area contributed by atoms with E-state index in [1.54, 1.807) is 6.07 Å². The Balaban J connectivity index is 1.81. The summed E-state index contributed by atoms with van der Waals surface area (Å²) < 4.78 is 14.3.